The molecule has 0 amide bonds. The van der Waals surface area contributed by atoms with Crippen LogP contribution in [0.25, 0.3) is 11.0 Å². The first-order chi connectivity index (χ1) is 9.63. The maximum Gasteiger partial charge on any atom is 0.336 e. The molecule has 20 heavy (non-hydrogen) atoms. The maximum atomic E-state index is 11.7. The highest BCUT2D eigenvalue weighted by atomic mass is 16.5. The van der Waals surface area contributed by atoms with E-state index in [-0.39, 0.29) is 5.63 Å². The SMILES string of the molecule is CCCC[NH+](C)Cc1cc(=O)oc2cc(OC)ccc12. The molecular weight excluding hydrogens is 254 g/mol. The summed E-state index contributed by atoms with van der Waals surface area (Å²) >= 11 is 0. The van der Waals surface area contributed by atoms with E-state index in [0.29, 0.717) is 11.3 Å². The molecule has 1 unspecified atom stereocenters. The van der Waals surface area contributed by atoms with Crippen LogP contribution in [0.4, 0.5) is 0 Å². The van der Waals surface area contributed by atoms with Crippen molar-refractivity contribution in [2.45, 2.75) is 26.3 Å². The highest BCUT2D eigenvalue weighted by Crippen LogP contribution is 2.21. The number of benzene rings is 1. The molecule has 0 aliphatic rings. The highest BCUT2D eigenvalue weighted by Gasteiger charge is 2.11. The van der Waals surface area contributed by atoms with Crippen LogP contribution in [0, 0.1) is 0 Å². The van der Waals surface area contributed by atoms with Crippen molar-refractivity contribution in [1.82, 2.24) is 0 Å². The second kappa shape index (κ2) is 6.57. The van der Waals surface area contributed by atoms with Gasteiger partial charge < -0.3 is 14.1 Å². The summed E-state index contributed by atoms with van der Waals surface area (Å²) in [4.78, 5) is 13.1. The Morgan fingerprint density at radius 2 is 2.10 bits per heavy atom. The molecule has 1 N–H and O–H groups in total. The van der Waals surface area contributed by atoms with Gasteiger partial charge >= 0.3 is 5.63 Å². The summed E-state index contributed by atoms with van der Waals surface area (Å²) in [5, 5.41) is 0.987. The van der Waals surface area contributed by atoms with Crippen LogP contribution in [0.5, 0.6) is 5.75 Å². The van der Waals surface area contributed by atoms with Gasteiger partial charge in [-0.25, -0.2) is 4.79 Å². The number of rotatable bonds is 6. The Kier molecular flexibility index (Phi) is 4.79. The minimum atomic E-state index is -0.302. The summed E-state index contributed by atoms with van der Waals surface area (Å²) in [6.45, 7) is 4.12. The van der Waals surface area contributed by atoms with E-state index in [2.05, 4.69) is 14.0 Å². The number of fused-ring (bicyclic) bond motifs is 1. The molecule has 1 aromatic carbocycles. The molecule has 0 aliphatic carbocycles. The quantitative estimate of drug-likeness (QED) is 0.815. The van der Waals surface area contributed by atoms with Gasteiger partial charge in [0.1, 0.15) is 17.9 Å². The van der Waals surface area contributed by atoms with Gasteiger partial charge in [0.05, 0.1) is 20.7 Å². The van der Waals surface area contributed by atoms with Crippen molar-refractivity contribution in [2.24, 2.45) is 0 Å². The topological polar surface area (TPSA) is 43.9 Å². The van der Waals surface area contributed by atoms with E-state index in [9.17, 15) is 4.79 Å². The third-order valence-corrected chi connectivity index (χ3v) is 3.49. The van der Waals surface area contributed by atoms with Crippen LogP contribution in [0.3, 0.4) is 0 Å². The smallest absolute Gasteiger partial charge is 0.336 e. The Morgan fingerprint density at radius 3 is 2.80 bits per heavy atom. The average molecular weight is 276 g/mol. The van der Waals surface area contributed by atoms with E-state index in [4.69, 9.17) is 9.15 Å². The molecule has 4 heteroatoms. The molecule has 0 aliphatic heterocycles. The van der Waals surface area contributed by atoms with E-state index in [1.54, 1.807) is 19.2 Å². The molecule has 1 atom stereocenters. The van der Waals surface area contributed by atoms with Gasteiger partial charge in [0.15, 0.2) is 0 Å². The molecule has 0 spiro atoms. The fourth-order valence-electron chi connectivity index (χ4n) is 2.38. The van der Waals surface area contributed by atoms with Crippen LogP contribution in [0.15, 0.2) is 33.5 Å². The standard InChI is InChI=1S/C16H21NO3/c1-4-5-8-17(2)11-12-9-16(18)20-15-10-13(19-3)6-7-14(12)15/h6-7,9-10H,4-5,8,11H2,1-3H3/p+1. The fourth-order valence-corrected chi connectivity index (χ4v) is 2.38. The minimum Gasteiger partial charge on any atom is -0.497 e. The van der Waals surface area contributed by atoms with Gasteiger partial charge in [-0.1, -0.05) is 13.3 Å². The normalized spacial score (nSPS) is 12.6. The first-order valence-corrected chi connectivity index (χ1v) is 7.06. The molecular formula is C16H22NO3+. The number of nitrogens with one attached hydrogen (secondary N) is 1. The summed E-state index contributed by atoms with van der Waals surface area (Å²) < 4.78 is 10.4. The summed E-state index contributed by atoms with van der Waals surface area (Å²) in [5.41, 5.74) is 1.33. The molecule has 108 valence electrons. The number of hydrogen-bond donors (Lipinski definition) is 1. The van der Waals surface area contributed by atoms with Crippen LogP contribution >= 0.6 is 0 Å². The molecule has 4 nitrogen and oxygen atoms in total. The zero-order valence-electron chi connectivity index (χ0n) is 12.4. The molecule has 1 heterocycles. The third-order valence-electron chi connectivity index (χ3n) is 3.49. The van der Waals surface area contributed by atoms with Crippen molar-refractivity contribution in [3.8, 4) is 5.75 Å². The monoisotopic (exact) mass is 276 g/mol. The second-order valence-corrected chi connectivity index (χ2v) is 5.19. The molecule has 0 fully saturated rings. The average Bonchev–Trinajstić information content (AvgIpc) is 2.44. The second-order valence-electron chi connectivity index (χ2n) is 5.19. The zero-order chi connectivity index (χ0) is 14.5. The predicted octanol–water partition coefficient (Wildman–Crippen LogP) is 1.62. The summed E-state index contributed by atoms with van der Waals surface area (Å²) in [5.74, 6) is 0.699. The number of quaternary nitrogens is 1. The molecule has 2 rings (SSSR count). The van der Waals surface area contributed by atoms with Gasteiger partial charge in [0.25, 0.3) is 0 Å². The van der Waals surface area contributed by atoms with Gasteiger partial charge in [0.2, 0.25) is 0 Å². The molecule has 0 radical (unpaired) electrons. The Labute approximate surface area is 119 Å². The van der Waals surface area contributed by atoms with Gasteiger partial charge in [-0.3, -0.25) is 0 Å². The Bertz CT molecular complexity index is 633. The highest BCUT2D eigenvalue weighted by molar-refractivity contribution is 5.81. The summed E-state index contributed by atoms with van der Waals surface area (Å²) in [6.07, 6.45) is 2.38. The first kappa shape index (κ1) is 14.6. The number of methoxy groups -OCH3 is 1. The van der Waals surface area contributed by atoms with Crippen molar-refractivity contribution in [1.29, 1.82) is 0 Å². The molecule has 0 saturated heterocycles. The van der Waals surface area contributed by atoms with Crippen LogP contribution in [-0.2, 0) is 6.54 Å². The number of unbranched alkanes of at least 4 members (excludes halogenated alkanes) is 1. The van der Waals surface area contributed by atoms with Gasteiger partial charge in [-0.15, -0.1) is 0 Å². The lowest BCUT2D eigenvalue weighted by atomic mass is 10.1. The van der Waals surface area contributed by atoms with Crippen molar-refractivity contribution in [2.75, 3.05) is 20.7 Å². The van der Waals surface area contributed by atoms with E-state index in [1.165, 1.54) is 17.7 Å². The molecule has 0 saturated carbocycles. The van der Waals surface area contributed by atoms with E-state index < -0.39 is 0 Å². The first-order valence-electron chi connectivity index (χ1n) is 7.06. The lowest BCUT2D eigenvalue weighted by Gasteiger charge is -2.14. The van der Waals surface area contributed by atoms with E-state index in [0.717, 1.165) is 24.0 Å². The van der Waals surface area contributed by atoms with Crippen molar-refractivity contribution in [3.05, 3.63) is 40.2 Å². The van der Waals surface area contributed by atoms with Crippen LogP contribution in [-0.4, -0.2) is 20.7 Å². The number of ether oxygens (including phenoxy) is 1. The fraction of sp³-hybridized carbons (Fsp3) is 0.438. The minimum absolute atomic E-state index is 0.302. The zero-order valence-corrected chi connectivity index (χ0v) is 12.4. The third kappa shape index (κ3) is 3.39. The molecule has 0 bridgehead atoms. The summed E-state index contributed by atoms with van der Waals surface area (Å²) in [6, 6.07) is 7.22. The largest absolute Gasteiger partial charge is 0.497 e. The summed E-state index contributed by atoms with van der Waals surface area (Å²) in [7, 11) is 3.76. The van der Waals surface area contributed by atoms with Crippen LogP contribution in [0.2, 0.25) is 0 Å². The number of hydrogen-bond acceptors (Lipinski definition) is 3. The predicted molar refractivity (Wildman–Crippen MR) is 79.4 cm³/mol. The van der Waals surface area contributed by atoms with Crippen LogP contribution < -0.4 is 15.3 Å². The Morgan fingerprint density at radius 1 is 1.30 bits per heavy atom. The molecule has 2 aromatic rings. The van der Waals surface area contributed by atoms with E-state index in [1.807, 2.05) is 12.1 Å². The van der Waals surface area contributed by atoms with E-state index >= 15 is 0 Å². The Hall–Kier alpha value is -1.81. The lowest BCUT2D eigenvalue weighted by molar-refractivity contribution is -0.893. The molecule has 1 aromatic heterocycles. The lowest BCUT2D eigenvalue weighted by Crippen LogP contribution is -3.07. The van der Waals surface area contributed by atoms with Crippen LogP contribution in [0.1, 0.15) is 25.3 Å². The Balaban J connectivity index is 2.34. The van der Waals surface area contributed by atoms with Crippen molar-refractivity contribution in [3.63, 3.8) is 0 Å². The van der Waals surface area contributed by atoms with Crippen molar-refractivity contribution < 1.29 is 14.1 Å². The van der Waals surface area contributed by atoms with Gasteiger partial charge in [-0.05, 0) is 18.6 Å². The maximum absolute atomic E-state index is 11.7. The van der Waals surface area contributed by atoms with Gasteiger partial charge in [0, 0.05) is 23.1 Å². The van der Waals surface area contributed by atoms with Gasteiger partial charge in [-0.2, -0.15) is 0 Å². The van der Waals surface area contributed by atoms with Crippen molar-refractivity contribution >= 4 is 11.0 Å².